The van der Waals surface area contributed by atoms with E-state index in [-0.39, 0.29) is 58.7 Å². The molecule has 324 valence electrons. The Balaban J connectivity index is 1.15. The van der Waals surface area contributed by atoms with E-state index in [0.29, 0.717) is 12.8 Å². The minimum atomic E-state index is -1.80. The first-order valence-electron chi connectivity index (χ1n) is 20.4. The average Bonchev–Trinajstić information content (AvgIpc) is 3.16. The molecule has 0 spiro atoms. The van der Waals surface area contributed by atoms with Crippen molar-refractivity contribution in [1.82, 2.24) is 4.90 Å². The molecule has 2 aromatic rings. The number of ketones is 2. The number of phenols is 2. The zero-order valence-electron chi connectivity index (χ0n) is 34.7. The smallest absolute Gasteiger partial charge is 0.316 e. The van der Waals surface area contributed by atoms with E-state index in [2.05, 4.69) is 0 Å². The van der Waals surface area contributed by atoms with Gasteiger partial charge < -0.3 is 63.6 Å². The number of likely N-dealkylation sites (N-methyl/N-ethyl adjacent to an activating group) is 1. The van der Waals surface area contributed by atoms with Crippen LogP contribution in [0.4, 0.5) is 0 Å². The van der Waals surface area contributed by atoms with Crippen LogP contribution < -0.4 is 0 Å². The number of rotatable bonds is 9. The van der Waals surface area contributed by atoms with Gasteiger partial charge in [-0.1, -0.05) is 26.0 Å². The van der Waals surface area contributed by atoms with Gasteiger partial charge in [0.1, 0.15) is 29.6 Å². The van der Waals surface area contributed by atoms with Gasteiger partial charge >= 0.3 is 5.97 Å². The van der Waals surface area contributed by atoms with Gasteiger partial charge in [-0.15, -0.1) is 0 Å². The van der Waals surface area contributed by atoms with Crippen molar-refractivity contribution in [3.8, 4) is 11.5 Å². The highest BCUT2D eigenvalue weighted by Crippen LogP contribution is 2.55. The van der Waals surface area contributed by atoms with Crippen molar-refractivity contribution in [2.75, 3.05) is 21.2 Å². The molecule has 14 atom stereocenters. The first-order valence-corrected chi connectivity index (χ1v) is 20.4. The van der Waals surface area contributed by atoms with Crippen molar-refractivity contribution in [3.63, 3.8) is 0 Å². The standard InChI is InChI=1S/C43H57NO15/c1-18(2)43(52)17-29(34-23(36(43)42(51)53-8)14-24-35(39(34)50)38(49)33-22(37(24)48)10-9-11-27(33)46)57-31-15-25(44(6)7)40(20(4)55-31)59-32-16-28(47)41(21(5)56-32)58-30-13-12-26(45)19(3)54-30/h9-11,14,18-21,25-26,28-32,36,40-41,45-47,50,52H,12-13,15-17H2,1-8H3/t19?,20?,21?,25?,26?,28?,29-,30?,31?,32?,36-,40?,41?,43-/m0/s1. The largest absolute Gasteiger partial charge is 0.507 e. The second kappa shape index (κ2) is 16.7. The number of aromatic hydroxyl groups is 2. The topological polar surface area (TPSA) is 220 Å². The molecule has 2 aliphatic carbocycles. The monoisotopic (exact) mass is 827 g/mol. The van der Waals surface area contributed by atoms with Crippen LogP contribution in [0.25, 0.3) is 0 Å². The highest BCUT2D eigenvalue weighted by molar-refractivity contribution is 6.30. The molecule has 2 aromatic carbocycles. The maximum atomic E-state index is 14.0. The molecule has 0 amide bonds. The zero-order valence-corrected chi connectivity index (χ0v) is 34.7. The minimum absolute atomic E-state index is 0.0279. The van der Waals surface area contributed by atoms with Gasteiger partial charge in [0.05, 0.1) is 60.5 Å². The lowest BCUT2D eigenvalue weighted by molar-refractivity contribution is -0.328. The molecule has 16 heteroatoms. The van der Waals surface area contributed by atoms with Crippen LogP contribution >= 0.6 is 0 Å². The number of phenolic OH excluding ortho intramolecular Hbond substituents is 2. The molecule has 3 aliphatic heterocycles. The summed E-state index contributed by atoms with van der Waals surface area (Å²) in [4.78, 5) is 43.4. The number of aliphatic hydroxyl groups is 3. The first kappa shape index (κ1) is 43.5. The normalized spacial score (nSPS) is 37.2. The molecule has 0 aromatic heterocycles. The number of carbonyl (C=O) groups is 3. The van der Waals surface area contributed by atoms with Gasteiger partial charge in [0.15, 0.2) is 24.7 Å². The Morgan fingerprint density at radius 3 is 2.10 bits per heavy atom. The summed E-state index contributed by atoms with van der Waals surface area (Å²) in [5.41, 5.74) is -2.53. The Morgan fingerprint density at radius 2 is 1.47 bits per heavy atom. The highest BCUT2D eigenvalue weighted by atomic mass is 16.7. The van der Waals surface area contributed by atoms with E-state index >= 15 is 0 Å². The molecule has 11 unspecified atom stereocenters. The SMILES string of the molecule is COC(=O)[C@@H]1c2cc3c(c(O)c2[C@@H](OC2CC(N(C)C)C(OC4CC(O)C(OC5CCC(O)C(C)O5)C(C)O4)C(C)O2)C[C@]1(O)C(C)C)C(=O)c1c(O)cccc1C3=O. The van der Waals surface area contributed by atoms with E-state index in [9.17, 15) is 39.9 Å². The van der Waals surface area contributed by atoms with Gasteiger partial charge in [0.25, 0.3) is 0 Å². The van der Waals surface area contributed by atoms with E-state index in [1.807, 2.05) is 25.9 Å². The Morgan fingerprint density at radius 1 is 0.831 bits per heavy atom. The quantitative estimate of drug-likeness (QED) is 0.196. The van der Waals surface area contributed by atoms with Crippen molar-refractivity contribution in [3.05, 3.63) is 57.6 Å². The summed E-state index contributed by atoms with van der Waals surface area (Å²) in [6.45, 7) is 8.86. The zero-order chi connectivity index (χ0) is 42.8. The summed E-state index contributed by atoms with van der Waals surface area (Å²) >= 11 is 0. The minimum Gasteiger partial charge on any atom is -0.507 e. The van der Waals surface area contributed by atoms with Crippen LogP contribution in [0.2, 0.25) is 0 Å². The first-order chi connectivity index (χ1) is 27.9. The average molecular weight is 828 g/mol. The number of carbonyl (C=O) groups excluding carboxylic acids is 3. The van der Waals surface area contributed by atoms with Gasteiger partial charge in [-0.25, -0.2) is 0 Å². The Kier molecular flexibility index (Phi) is 12.3. The molecule has 5 aliphatic rings. The molecule has 0 bridgehead atoms. The fourth-order valence-electron chi connectivity index (χ4n) is 9.54. The van der Waals surface area contributed by atoms with Crippen LogP contribution in [0.5, 0.6) is 11.5 Å². The van der Waals surface area contributed by atoms with Crippen LogP contribution in [0, 0.1) is 5.92 Å². The third-order valence-electron chi connectivity index (χ3n) is 12.9. The summed E-state index contributed by atoms with van der Waals surface area (Å²) in [6.07, 6.45) is -6.65. The number of ether oxygens (including phenoxy) is 7. The molecular formula is C43H57NO15. The fourth-order valence-corrected chi connectivity index (χ4v) is 9.54. The third kappa shape index (κ3) is 7.81. The summed E-state index contributed by atoms with van der Waals surface area (Å²) in [7, 11) is 4.94. The van der Waals surface area contributed by atoms with Crippen LogP contribution in [-0.2, 0) is 38.0 Å². The van der Waals surface area contributed by atoms with Crippen molar-refractivity contribution in [2.45, 2.75) is 152 Å². The summed E-state index contributed by atoms with van der Waals surface area (Å²) in [5.74, 6) is -5.17. The molecule has 3 fully saturated rings. The number of hydrogen-bond donors (Lipinski definition) is 5. The van der Waals surface area contributed by atoms with Crippen LogP contribution in [0.1, 0.15) is 122 Å². The number of methoxy groups -OCH3 is 1. The number of aliphatic hydroxyl groups excluding tert-OH is 2. The summed E-state index contributed by atoms with van der Waals surface area (Å²) < 4.78 is 43.0. The van der Waals surface area contributed by atoms with E-state index in [0.717, 1.165) is 0 Å². The van der Waals surface area contributed by atoms with Crippen LogP contribution in [-0.4, -0.2) is 142 Å². The van der Waals surface area contributed by atoms with Gasteiger partial charge in [-0.2, -0.15) is 0 Å². The number of nitrogens with zero attached hydrogens (tertiary/aromatic N) is 1. The van der Waals surface area contributed by atoms with Crippen LogP contribution in [0.3, 0.4) is 0 Å². The molecule has 7 rings (SSSR count). The molecule has 16 nitrogen and oxygen atoms in total. The molecular weight excluding hydrogens is 770 g/mol. The Labute approximate surface area is 343 Å². The number of fused-ring (bicyclic) bond motifs is 3. The molecule has 5 N–H and O–H groups in total. The van der Waals surface area contributed by atoms with Gasteiger partial charge in [-0.3, -0.25) is 14.4 Å². The van der Waals surface area contributed by atoms with E-state index in [1.165, 1.54) is 31.4 Å². The predicted octanol–water partition coefficient (Wildman–Crippen LogP) is 3.20. The van der Waals surface area contributed by atoms with Gasteiger partial charge in [0.2, 0.25) is 5.78 Å². The summed E-state index contributed by atoms with van der Waals surface area (Å²) in [5, 5.41) is 56.3. The molecule has 0 radical (unpaired) electrons. The lowest BCUT2D eigenvalue weighted by atomic mass is 9.64. The second-order valence-corrected chi connectivity index (χ2v) is 17.2. The molecule has 0 saturated carbocycles. The maximum absolute atomic E-state index is 14.0. The van der Waals surface area contributed by atoms with Gasteiger partial charge in [-0.05, 0) is 64.9 Å². The van der Waals surface area contributed by atoms with Gasteiger partial charge in [0, 0.05) is 48.4 Å². The van der Waals surface area contributed by atoms with Crippen molar-refractivity contribution >= 4 is 17.5 Å². The van der Waals surface area contributed by atoms with Crippen molar-refractivity contribution < 1.29 is 73.1 Å². The van der Waals surface area contributed by atoms with Crippen molar-refractivity contribution in [1.29, 1.82) is 0 Å². The summed E-state index contributed by atoms with van der Waals surface area (Å²) in [6, 6.07) is 5.13. The molecule has 3 heterocycles. The third-order valence-corrected chi connectivity index (χ3v) is 12.9. The van der Waals surface area contributed by atoms with E-state index < -0.39 is 114 Å². The van der Waals surface area contributed by atoms with E-state index in [4.69, 9.17) is 33.2 Å². The number of esters is 1. The Bertz CT molecular complexity index is 1920. The number of benzene rings is 2. The lowest BCUT2D eigenvalue weighted by Gasteiger charge is -2.49. The fraction of sp³-hybridized carbons (Fsp3) is 0.651. The maximum Gasteiger partial charge on any atom is 0.316 e. The molecule has 3 saturated heterocycles. The van der Waals surface area contributed by atoms with Crippen molar-refractivity contribution in [2.24, 2.45) is 5.92 Å². The highest BCUT2D eigenvalue weighted by Gasteiger charge is 2.55. The second-order valence-electron chi connectivity index (χ2n) is 17.2. The lowest BCUT2D eigenvalue weighted by Crippen LogP contribution is -2.58. The van der Waals surface area contributed by atoms with Crippen LogP contribution in [0.15, 0.2) is 24.3 Å². The Hall–Kier alpha value is -3.55. The van der Waals surface area contributed by atoms with E-state index in [1.54, 1.807) is 27.7 Å². The molecule has 59 heavy (non-hydrogen) atoms. The number of hydrogen-bond acceptors (Lipinski definition) is 16. The predicted molar refractivity (Wildman–Crippen MR) is 207 cm³/mol.